The van der Waals surface area contributed by atoms with Crippen LogP contribution in [0, 0.1) is 0 Å². The Balaban J connectivity index is 1.99. The molecule has 0 aromatic heterocycles. The normalized spacial score (nSPS) is 40.5. The van der Waals surface area contributed by atoms with Gasteiger partial charge in [0, 0.05) is 12.6 Å². The van der Waals surface area contributed by atoms with Gasteiger partial charge in [0.15, 0.2) is 0 Å². The molecule has 0 aromatic rings. The zero-order valence-electron chi connectivity index (χ0n) is 8.10. The van der Waals surface area contributed by atoms with Gasteiger partial charge in [0.2, 0.25) is 0 Å². The van der Waals surface area contributed by atoms with E-state index in [4.69, 9.17) is 4.74 Å². The summed E-state index contributed by atoms with van der Waals surface area (Å²) in [6.45, 7) is 5.35. The van der Waals surface area contributed by atoms with Gasteiger partial charge in [-0.15, -0.1) is 0 Å². The van der Waals surface area contributed by atoms with Gasteiger partial charge in [0.05, 0.1) is 11.7 Å². The van der Waals surface area contributed by atoms with E-state index < -0.39 is 0 Å². The monoisotopic (exact) mass is 169 g/mol. The highest BCUT2D eigenvalue weighted by atomic mass is 16.5. The van der Waals surface area contributed by atoms with Crippen LogP contribution in [-0.2, 0) is 4.74 Å². The molecule has 2 atom stereocenters. The maximum atomic E-state index is 6.02. The first-order valence-electron chi connectivity index (χ1n) is 5.09. The molecule has 2 aliphatic rings. The predicted molar refractivity (Wildman–Crippen MR) is 49.2 cm³/mol. The summed E-state index contributed by atoms with van der Waals surface area (Å²) >= 11 is 0. The molecule has 12 heavy (non-hydrogen) atoms. The van der Waals surface area contributed by atoms with Crippen LogP contribution in [0.25, 0.3) is 0 Å². The standard InChI is InChI=1S/C10H19NO/c1-10(2)7-11-8-5-3-4-6-9(8)12-10/h8-9,11H,3-7H2,1-2H3. The van der Waals surface area contributed by atoms with E-state index in [1.165, 1.54) is 25.7 Å². The average molecular weight is 169 g/mol. The van der Waals surface area contributed by atoms with Crippen LogP contribution < -0.4 is 5.32 Å². The highest BCUT2D eigenvalue weighted by molar-refractivity contribution is 4.91. The van der Waals surface area contributed by atoms with Crippen LogP contribution >= 0.6 is 0 Å². The van der Waals surface area contributed by atoms with Crippen LogP contribution in [0.2, 0.25) is 0 Å². The van der Waals surface area contributed by atoms with E-state index in [0.29, 0.717) is 12.1 Å². The van der Waals surface area contributed by atoms with E-state index in [0.717, 1.165) is 6.54 Å². The number of nitrogens with one attached hydrogen (secondary N) is 1. The van der Waals surface area contributed by atoms with E-state index in [1.54, 1.807) is 0 Å². The minimum Gasteiger partial charge on any atom is -0.369 e. The summed E-state index contributed by atoms with van der Waals surface area (Å²) in [5.41, 5.74) is 0.0541. The Morgan fingerprint density at radius 3 is 2.83 bits per heavy atom. The van der Waals surface area contributed by atoms with Gasteiger partial charge in [-0.25, -0.2) is 0 Å². The van der Waals surface area contributed by atoms with Gasteiger partial charge in [-0.1, -0.05) is 12.8 Å². The second kappa shape index (κ2) is 3.00. The van der Waals surface area contributed by atoms with Gasteiger partial charge in [-0.2, -0.15) is 0 Å². The quantitative estimate of drug-likeness (QED) is 0.596. The fourth-order valence-corrected chi connectivity index (χ4v) is 2.30. The highest BCUT2D eigenvalue weighted by Gasteiger charge is 2.36. The predicted octanol–water partition coefficient (Wildman–Crippen LogP) is 1.70. The first-order chi connectivity index (χ1) is 5.67. The van der Waals surface area contributed by atoms with Gasteiger partial charge in [-0.05, 0) is 26.7 Å². The van der Waals surface area contributed by atoms with E-state index in [1.807, 2.05) is 0 Å². The summed E-state index contributed by atoms with van der Waals surface area (Å²) in [7, 11) is 0. The maximum absolute atomic E-state index is 6.02. The Morgan fingerprint density at radius 1 is 1.25 bits per heavy atom. The minimum absolute atomic E-state index is 0.0541. The molecule has 1 heterocycles. The number of ether oxygens (including phenoxy) is 1. The van der Waals surface area contributed by atoms with Crippen molar-refractivity contribution in [3.63, 3.8) is 0 Å². The van der Waals surface area contributed by atoms with Crippen LogP contribution in [-0.4, -0.2) is 24.3 Å². The molecule has 0 amide bonds. The zero-order chi connectivity index (χ0) is 8.60. The second-order valence-corrected chi connectivity index (χ2v) is 4.69. The van der Waals surface area contributed by atoms with Crippen LogP contribution in [0.3, 0.4) is 0 Å². The number of hydrogen-bond donors (Lipinski definition) is 1. The van der Waals surface area contributed by atoms with Crippen LogP contribution in [0.4, 0.5) is 0 Å². The molecule has 1 N–H and O–H groups in total. The molecule has 0 bridgehead atoms. The lowest BCUT2D eigenvalue weighted by molar-refractivity contribution is -0.126. The number of fused-ring (bicyclic) bond motifs is 1. The smallest absolute Gasteiger partial charge is 0.0755 e. The van der Waals surface area contributed by atoms with Crippen LogP contribution in [0.15, 0.2) is 0 Å². The summed E-state index contributed by atoms with van der Waals surface area (Å²) in [6.07, 6.45) is 5.76. The van der Waals surface area contributed by atoms with Crippen molar-refractivity contribution < 1.29 is 4.74 Å². The molecule has 2 heteroatoms. The van der Waals surface area contributed by atoms with Crippen molar-refractivity contribution >= 4 is 0 Å². The van der Waals surface area contributed by atoms with Crippen molar-refractivity contribution in [3.8, 4) is 0 Å². The molecule has 0 radical (unpaired) electrons. The molecule has 70 valence electrons. The summed E-state index contributed by atoms with van der Waals surface area (Å²) in [5, 5.41) is 3.59. The SMILES string of the molecule is CC1(C)CNC2CCCCC2O1. The minimum atomic E-state index is 0.0541. The molecular weight excluding hydrogens is 150 g/mol. The Hall–Kier alpha value is -0.0800. The fraction of sp³-hybridized carbons (Fsp3) is 1.00. The lowest BCUT2D eigenvalue weighted by Gasteiger charge is -2.44. The molecule has 0 spiro atoms. The number of rotatable bonds is 0. The van der Waals surface area contributed by atoms with Crippen molar-refractivity contribution in [2.75, 3.05) is 6.54 Å². The van der Waals surface area contributed by atoms with Gasteiger partial charge < -0.3 is 10.1 Å². The molecule has 1 saturated heterocycles. The molecule has 2 rings (SSSR count). The van der Waals surface area contributed by atoms with Crippen molar-refractivity contribution in [1.82, 2.24) is 5.32 Å². The maximum Gasteiger partial charge on any atom is 0.0755 e. The van der Waals surface area contributed by atoms with E-state index >= 15 is 0 Å². The van der Waals surface area contributed by atoms with Crippen molar-refractivity contribution in [2.45, 2.75) is 57.3 Å². The Kier molecular flexibility index (Phi) is 2.13. The average Bonchev–Trinajstić information content (AvgIpc) is 2.02. The van der Waals surface area contributed by atoms with E-state index in [9.17, 15) is 0 Å². The lowest BCUT2D eigenvalue weighted by Crippen LogP contribution is -2.57. The molecule has 0 aromatic carbocycles. The van der Waals surface area contributed by atoms with Crippen molar-refractivity contribution in [2.24, 2.45) is 0 Å². The van der Waals surface area contributed by atoms with Crippen molar-refractivity contribution in [1.29, 1.82) is 0 Å². The summed E-state index contributed by atoms with van der Waals surface area (Å²) in [6, 6.07) is 0.645. The van der Waals surface area contributed by atoms with Gasteiger partial charge >= 0.3 is 0 Å². The summed E-state index contributed by atoms with van der Waals surface area (Å²) in [4.78, 5) is 0. The zero-order valence-corrected chi connectivity index (χ0v) is 8.10. The third kappa shape index (κ3) is 1.64. The Labute approximate surface area is 74.7 Å². The van der Waals surface area contributed by atoms with Gasteiger partial charge in [0.1, 0.15) is 0 Å². The number of hydrogen-bond acceptors (Lipinski definition) is 2. The molecule has 1 aliphatic carbocycles. The Morgan fingerprint density at radius 2 is 2.00 bits per heavy atom. The van der Waals surface area contributed by atoms with Crippen LogP contribution in [0.5, 0.6) is 0 Å². The number of morpholine rings is 1. The molecule has 1 aliphatic heterocycles. The summed E-state index contributed by atoms with van der Waals surface area (Å²) in [5.74, 6) is 0. The molecule has 2 unspecified atom stereocenters. The third-order valence-electron chi connectivity index (χ3n) is 2.96. The molecule has 2 fully saturated rings. The van der Waals surface area contributed by atoms with Gasteiger partial charge in [0.25, 0.3) is 0 Å². The third-order valence-corrected chi connectivity index (χ3v) is 2.96. The van der Waals surface area contributed by atoms with E-state index in [-0.39, 0.29) is 5.60 Å². The summed E-state index contributed by atoms with van der Waals surface area (Å²) < 4.78 is 6.02. The Bertz CT molecular complexity index is 167. The lowest BCUT2D eigenvalue weighted by atomic mass is 9.89. The van der Waals surface area contributed by atoms with E-state index in [2.05, 4.69) is 19.2 Å². The van der Waals surface area contributed by atoms with Gasteiger partial charge in [-0.3, -0.25) is 0 Å². The topological polar surface area (TPSA) is 21.3 Å². The molecular formula is C10H19NO. The first kappa shape index (κ1) is 8.52. The second-order valence-electron chi connectivity index (χ2n) is 4.69. The molecule has 2 nitrogen and oxygen atoms in total. The fourth-order valence-electron chi connectivity index (χ4n) is 2.30. The van der Waals surface area contributed by atoms with Crippen molar-refractivity contribution in [3.05, 3.63) is 0 Å². The largest absolute Gasteiger partial charge is 0.369 e. The highest BCUT2D eigenvalue weighted by Crippen LogP contribution is 2.28. The first-order valence-corrected chi connectivity index (χ1v) is 5.09. The molecule has 1 saturated carbocycles. The van der Waals surface area contributed by atoms with Crippen LogP contribution in [0.1, 0.15) is 39.5 Å².